The van der Waals surface area contributed by atoms with Crippen LogP contribution in [0.5, 0.6) is 0 Å². The first-order valence-corrected chi connectivity index (χ1v) is 6.81. The lowest BCUT2D eigenvalue weighted by molar-refractivity contribution is 0.0273. The van der Waals surface area contributed by atoms with Crippen molar-refractivity contribution in [1.82, 2.24) is 0 Å². The van der Waals surface area contributed by atoms with Crippen LogP contribution in [0.3, 0.4) is 0 Å². The first-order valence-electron chi connectivity index (χ1n) is 6.81. The molecule has 5 heteroatoms. The minimum absolute atomic E-state index is 0.214. The smallest absolute Gasteiger partial charge is 0.146 e. The SMILES string of the molecule is CCC[C@]1(O)CCN(c2cc(F)c(C#N)c(F)c2)[C@H]1C. The van der Waals surface area contributed by atoms with Gasteiger partial charge in [0.25, 0.3) is 0 Å². The van der Waals surface area contributed by atoms with Gasteiger partial charge in [0.1, 0.15) is 23.3 Å². The van der Waals surface area contributed by atoms with E-state index < -0.39 is 22.8 Å². The van der Waals surface area contributed by atoms with E-state index in [1.54, 1.807) is 4.90 Å². The quantitative estimate of drug-likeness (QED) is 0.926. The minimum atomic E-state index is -0.861. The van der Waals surface area contributed by atoms with Crippen LogP contribution in [0.2, 0.25) is 0 Å². The molecule has 1 aliphatic heterocycles. The van der Waals surface area contributed by atoms with E-state index in [1.807, 2.05) is 13.8 Å². The van der Waals surface area contributed by atoms with Gasteiger partial charge in [-0.05, 0) is 31.9 Å². The van der Waals surface area contributed by atoms with Crippen molar-refractivity contribution in [3.05, 3.63) is 29.3 Å². The molecule has 1 heterocycles. The molecule has 1 aromatic carbocycles. The van der Waals surface area contributed by atoms with Gasteiger partial charge in [-0.15, -0.1) is 0 Å². The van der Waals surface area contributed by atoms with Gasteiger partial charge in [-0.3, -0.25) is 0 Å². The van der Waals surface area contributed by atoms with Crippen LogP contribution < -0.4 is 4.90 Å². The second-order valence-electron chi connectivity index (χ2n) is 5.37. The van der Waals surface area contributed by atoms with E-state index >= 15 is 0 Å². The van der Waals surface area contributed by atoms with Gasteiger partial charge >= 0.3 is 0 Å². The summed E-state index contributed by atoms with van der Waals surface area (Å²) >= 11 is 0. The van der Waals surface area contributed by atoms with Gasteiger partial charge in [0, 0.05) is 12.2 Å². The van der Waals surface area contributed by atoms with Crippen LogP contribution in [0.1, 0.15) is 38.7 Å². The number of nitrogens with zero attached hydrogens (tertiary/aromatic N) is 2. The van der Waals surface area contributed by atoms with E-state index in [1.165, 1.54) is 6.07 Å². The Balaban J connectivity index is 2.33. The Bertz CT molecular complexity index is 532. The summed E-state index contributed by atoms with van der Waals surface area (Å²) in [4.78, 5) is 1.79. The monoisotopic (exact) mass is 280 g/mol. The predicted molar refractivity (Wildman–Crippen MR) is 72.4 cm³/mol. The maximum absolute atomic E-state index is 13.7. The van der Waals surface area contributed by atoms with E-state index in [2.05, 4.69) is 0 Å². The molecule has 2 atom stereocenters. The van der Waals surface area contributed by atoms with Crippen molar-refractivity contribution in [3.63, 3.8) is 0 Å². The summed E-state index contributed by atoms with van der Waals surface area (Å²) in [5.41, 5.74) is -1.02. The summed E-state index contributed by atoms with van der Waals surface area (Å²) in [6, 6.07) is 3.62. The second-order valence-corrected chi connectivity index (χ2v) is 5.37. The highest BCUT2D eigenvalue weighted by Crippen LogP contribution is 2.36. The third-order valence-corrected chi connectivity index (χ3v) is 4.18. The first kappa shape index (κ1) is 14.7. The van der Waals surface area contributed by atoms with E-state index in [0.717, 1.165) is 18.6 Å². The molecule has 1 aliphatic rings. The zero-order valence-corrected chi connectivity index (χ0v) is 11.7. The van der Waals surface area contributed by atoms with Gasteiger partial charge in [-0.2, -0.15) is 5.26 Å². The molecular weight excluding hydrogens is 262 g/mol. The van der Waals surface area contributed by atoms with Gasteiger partial charge < -0.3 is 10.0 Å². The molecule has 0 bridgehead atoms. The zero-order valence-electron chi connectivity index (χ0n) is 11.7. The number of benzene rings is 1. The Morgan fingerprint density at radius 3 is 2.55 bits per heavy atom. The second kappa shape index (κ2) is 5.37. The summed E-state index contributed by atoms with van der Waals surface area (Å²) in [6.07, 6.45) is 2.09. The molecule has 108 valence electrons. The Kier molecular flexibility index (Phi) is 3.96. The lowest BCUT2D eigenvalue weighted by Gasteiger charge is -2.32. The van der Waals surface area contributed by atoms with E-state index in [9.17, 15) is 13.9 Å². The van der Waals surface area contributed by atoms with Gasteiger partial charge in [-0.1, -0.05) is 13.3 Å². The van der Waals surface area contributed by atoms with Crippen molar-refractivity contribution in [2.24, 2.45) is 0 Å². The lowest BCUT2D eigenvalue weighted by atomic mass is 9.90. The lowest BCUT2D eigenvalue weighted by Crippen LogP contribution is -2.42. The highest BCUT2D eigenvalue weighted by atomic mass is 19.1. The molecule has 1 aromatic rings. The van der Waals surface area contributed by atoms with Crippen molar-refractivity contribution in [2.75, 3.05) is 11.4 Å². The number of aliphatic hydroxyl groups is 1. The van der Waals surface area contributed by atoms with Crippen molar-refractivity contribution in [2.45, 2.75) is 44.8 Å². The van der Waals surface area contributed by atoms with Crippen LogP contribution in [0.15, 0.2) is 12.1 Å². The Hall–Kier alpha value is -1.67. The zero-order chi connectivity index (χ0) is 14.9. The third-order valence-electron chi connectivity index (χ3n) is 4.18. The van der Waals surface area contributed by atoms with Crippen molar-refractivity contribution in [3.8, 4) is 6.07 Å². The van der Waals surface area contributed by atoms with Crippen LogP contribution >= 0.6 is 0 Å². The first-order chi connectivity index (χ1) is 9.42. The molecule has 0 amide bonds. The molecular formula is C15H18F2N2O. The number of hydrogen-bond donors (Lipinski definition) is 1. The fraction of sp³-hybridized carbons (Fsp3) is 0.533. The standard InChI is InChI=1S/C15H18F2N2O/c1-3-4-15(20)5-6-19(10(15)2)11-7-13(16)12(9-18)14(17)8-11/h7-8,10,20H,3-6H2,1-2H3/t10-,15-/m0/s1. The molecule has 0 aliphatic carbocycles. The van der Waals surface area contributed by atoms with Crippen molar-refractivity contribution in [1.29, 1.82) is 5.26 Å². The number of rotatable bonds is 3. The van der Waals surface area contributed by atoms with Gasteiger partial charge in [0.05, 0.1) is 11.6 Å². The maximum Gasteiger partial charge on any atom is 0.146 e. The van der Waals surface area contributed by atoms with Crippen LogP contribution in [-0.2, 0) is 0 Å². The fourth-order valence-electron chi connectivity index (χ4n) is 2.96. The summed E-state index contributed by atoms with van der Waals surface area (Å²) in [6.45, 7) is 4.40. The Morgan fingerprint density at radius 1 is 1.45 bits per heavy atom. The average molecular weight is 280 g/mol. The van der Waals surface area contributed by atoms with Crippen LogP contribution in [0.25, 0.3) is 0 Å². The van der Waals surface area contributed by atoms with Crippen LogP contribution in [0.4, 0.5) is 14.5 Å². The number of halogens is 2. The normalized spacial score (nSPS) is 25.8. The number of hydrogen-bond acceptors (Lipinski definition) is 3. The third kappa shape index (κ3) is 2.36. The van der Waals surface area contributed by atoms with Gasteiger partial charge in [0.15, 0.2) is 0 Å². The summed E-state index contributed by atoms with van der Waals surface area (Å²) < 4.78 is 27.4. The topological polar surface area (TPSA) is 47.3 Å². The highest BCUT2D eigenvalue weighted by Gasteiger charge is 2.42. The fourth-order valence-corrected chi connectivity index (χ4v) is 2.96. The highest BCUT2D eigenvalue weighted by molar-refractivity contribution is 5.53. The molecule has 3 nitrogen and oxygen atoms in total. The number of anilines is 1. The maximum atomic E-state index is 13.7. The van der Waals surface area contributed by atoms with Crippen LogP contribution in [0, 0.1) is 23.0 Å². The molecule has 1 fully saturated rings. The Morgan fingerprint density at radius 2 is 2.05 bits per heavy atom. The molecule has 1 saturated heterocycles. The molecule has 0 saturated carbocycles. The van der Waals surface area contributed by atoms with Gasteiger partial charge in [0.2, 0.25) is 0 Å². The molecule has 20 heavy (non-hydrogen) atoms. The van der Waals surface area contributed by atoms with E-state index in [0.29, 0.717) is 25.1 Å². The van der Waals surface area contributed by atoms with Crippen LogP contribution in [-0.4, -0.2) is 23.3 Å². The summed E-state index contributed by atoms with van der Waals surface area (Å²) in [5, 5.41) is 19.2. The average Bonchev–Trinajstić information content (AvgIpc) is 2.66. The van der Waals surface area contributed by atoms with Crippen molar-refractivity contribution < 1.29 is 13.9 Å². The van der Waals surface area contributed by atoms with E-state index in [4.69, 9.17) is 5.26 Å². The molecule has 2 rings (SSSR count). The molecule has 0 spiro atoms. The van der Waals surface area contributed by atoms with Crippen molar-refractivity contribution >= 4 is 5.69 Å². The Labute approximate surface area is 117 Å². The molecule has 0 radical (unpaired) electrons. The largest absolute Gasteiger partial charge is 0.388 e. The molecule has 0 unspecified atom stereocenters. The molecule has 1 N–H and O–H groups in total. The molecule has 0 aromatic heterocycles. The van der Waals surface area contributed by atoms with Gasteiger partial charge in [-0.25, -0.2) is 8.78 Å². The minimum Gasteiger partial charge on any atom is -0.388 e. The summed E-state index contributed by atoms with van der Waals surface area (Å²) in [7, 11) is 0. The predicted octanol–water partition coefficient (Wildman–Crippen LogP) is 2.97. The van der Waals surface area contributed by atoms with E-state index in [-0.39, 0.29) is 6.04 Å². The number of nitriles is 1. The summed E-state index contributed by atoms with van der Waals surface area (Å²) in [5.74, 6) is -1.72.